The fourth-order valence-electron chi connectivity index (χ4n) is 12.4. The normalized spacial score (nSPS) is 21.3. The fourth-order valence-corrected chi connectivity index (χ4v) is 13.4. The highest BCUT2D eigenvalue weighted by Crippen LogP contribution is 2.53. The monoisotopic (exact) mass is 1070 g/mol. The molecule has 2 aliphatic heterocycles. The van der Waals surface area contributed by atoms with Gasteiger partial charge >= 0.3 is 0 Å². The van der Waals surface area contributed by atoms with Crippen molar-refractivity contribution in [3.8, 4) is 17.2 Å². The summed E-state index contributed by atoms with van der Waals surface area (Å²) in [4.78, 5) is 39.9. The first-order chi connectivity index (χ1) is 36.9. The van der Waals surface area contributed by atoms with Gasteiger partial charge in [0.25, 0.3) is 21.6 Å². The number of piperazine rings is 1. The number of H-pyrrole nitrogens is 1. The number of nitrogens with zero attached hydrogens (tertiary/aromatic N) is 5. The average molecular weight is 1070 g/mol. The van der Waals surface area contributed by atoms with Crippen LogP contribution in [0.2, 0.25) is 0 Å². The number of rotatable bonds is 17. The molecule has 18 heteroatoms. The maximum atomic E-state index is 14.8. The molecular weight excluding hydrogens is 1000 g/mol. The molecular formula is C59H71FN8O8S. The van der Waals surface area contributed by atoms with Gasteiger partial charge in [0.2, 0.25) is 0 Å². The first-order valence-corrected chi connectivity index (χ1v) is 28.6. The molecule has 408 valence electrons. The smallest absolute Gasteiger partial charge is 0.293 e. The lowest BCUT2D eigenvalue weighted by atomic mass is 9.59. The molecule has 4 aliphatic rings. The van der Waals surface area contributed by atoms with E-state index in [4.69, 9.17) is 9.47 Å². The third-order valence-corrected chi connectivity index (χ3v) is 18.3. The van der Waals surface area contributed by atoms with Gasteiger partial charge in [-0.25, -0.2) is 22.5 Å². The Labute approximate surface area is 450 Å². The van der Waals surface area contributed by atoms with Gasteiger partial charge in [-0.15, -0.1) is 0 Å². The number of nitrogens with one attached hydrogen (secondary N) is 3. The second-order valence-corrected chi connectivity index (χ2v) is 24.2. The second kappa shape index (κ2) is 22.0. The van der Waals surface area contributed by atoms with E-state index in [1.165, 1.54) is 58.9 Å². The number of pyridine rings is 1. The number of sulfonamides is 1. The van der Waals surface area contributed by atoms with Crippen molar-refractivity contribution in [1.82, 2.24) is 24.5 Å². The molecule has 2 aliphatic carbocycles. The minimum absolute atomic E-state index is 0.0232. The quantitative estimate of drug-likeness (QED) is 0.0498. The second-order valence-electron chi connectivity index (χ2n) is 22.5. The van der Waals surface area contributed by atoms with Gasteiger partial charge in [-0.3, -0.25) is 24.7 Å². The standard InChI is InChI=1S/C59H71FN8O8S/c1-6-41-12-11-40(27-54(41)75-5)36-65-25-26-67(53(37-65)47-10-8-7-9-46(47)38(2)3)43-31-59(32-43)21-23-66(24-22-59)42-13-15-48(55(28-42)76-44-29-49-50(60)35-63-56(49)62-34-44)57(69)64-77(73,74)45-14-16-51(52(30-45)68(71)72)61-33-39-17-19-58(4,70)20-18-39/h7-16,27-30,34-35,38-39,43,53,61,70H,6,17-26,31-33,36-37H2,1-5H3,(H,62,63)(H,64,69)/t39?,53-,58?/m0/s1. The Kier molecular flexibility index (Phi) is 15.4. The molecule has 2 aromatic heterocycles. The summed E-state index contributed by atoms with van der Waals surface area (Å²) in [5, 5.41) is 25.9. The lowest BCUT2D eigenvalue weighted by Gasteiger charge is -2.58. The van der Waals surface area contributed by atoms with E-state index in [0.29, 0.717) is 37.0 Å². The number of halogens is 1. The van der Waals surface area contributed by atoms with Gasteiger partial charge in [-0.2, -0.15) is 0 Å². The van der Waals surface area contributed by atoms with Gasteiger partial charge in [0.1, 0.15) is 34.4 Å². The summed E-state index contributed by atoms with van der Waals surface area (Å²) in [5.74, 6) is 0.113. The van der Waals surface area contributed by atoms with Crippen LogP contribution in [0, 0.1) is 27.3 Å². The van der Waals surface area contributed by atoms with Crippen molar-refractivity contribution in [3.63, 3.8) is 0 Å². The molecule has 0 unspecified atom stereocenters. The van der Waals surface area contributed by atoms with Gasteiger partial charge in [-0.05, 0) is 141 Å². The Morgan fingerprint density at radius 1 is 0.974 bits per heavy atom. The lowest BCUT2D eigenvalue weighted by Crippen LogP contribution is -2.60. The summed E-state index contributed by atoms with van der Waals surface area (Å²) in [6, 6.07) is 26.2. The van der Waals surface area contributed by atoms with Crippen LogP contribution in [0.15, 0.2) is 102 Å². The molecule has 4 aromatic carbocycles. The highest BCUT2D eigenvalue weighted by molar-refractivity contribution is 7.90. The number of aryl methyl sites for hydroxylation is 1. The number of piperidine rings is 1. The van der Waals surface area contributed by atoms with E-state index in [0.717, 1.165) is 102 Å². The summed E-state index contributed by atoms with van der Waals surface area (Å²) < 4.78 is 56.7. The number of amides is 1. The number of carbonyl (C=O) groups excluding carboxylic acids is 1. The number of carbonyl (C=O) groups is 1. The number of benzene rings is 4. The number of ether oxygens (including phenoxy) is 2. The van der Waals surface area contributed by atoms with Crippen molar-refractivity contribution in [1.29, 1.82) is 0 Å². The minimum atomic E-state index is -4.65. The van der Waals surface area contributed by atoms with Crippen LogP contribution in [0.4, 0.5) is 21.5 Å². The molecule has 16 nitrogen and oxygen atoms in total. The maximum absolute atomic E-state index is 14.8. The average Bonchev–Trinajstić information content (AvgIpc) is 3.82. The number of hydrogen-bond acceptors (Lipinski definition) is 13. The molecule has 1 amide bonds. The maximum Gasteiger partial charge on any atom is 0.293 e. The van der Waals surface area contributed by atoms with Crippen molar-refractivity contribution >= 4 is 44.0 Å². The number of hydrogen-bond donors (Lipinski definition) is 4. The van der Waals surface area contributed by atoms with E-state index in [-0.39, 0.29) is 45.5 Å². The van der Waals surface area contributed by atoms with E-state index in [1.807, 2.05) is 0 Å². The Balaban J connectivity index is 0.838. The van der Waals surface area contributed by atoms with Gasteiger partial charge in [0, 0.05) is 81.9 Å². The molecule has 1 spiro atoms. The van der Waals surface area contributed by atoms with E-state index in [9.17, 15) is 32.8 Å². The minimum Gasteiger partial charge on any atom is -0.496 e. The Bertz CT molecular complexity index is 3250. The SMILES string of the molecule is CCc1ccc(CN2CCN(C3CC4(CCN(c5ccc(C(=O)NS(=O)(=O)c6ccc(NCC7CCC(C)(O)CC7)c([N+](=O)[O-])c6)c(Oc6cnc7[nH]cc(F)c7c6)c5)CC4)C3)[C@H](c3ccccc3C(C)C)C2)cc1OC. The van der Waals surface area contributed by atoms with E-state index >= 15 is 0 Å². The number of nitro groups is 1. The Hall–Kier alpha value is -6.60. The van der Waals surface area contributed by atoms with Crippen LogP contribution in [-0.2, 0) is 23.0 Å². The van der Waals surface area contributed by atoms with Crippen LogP contribution in [0.3, 0.4) is 0 Å². The van der Waals surface area contributed by atoms with E-state index in [1.54, 1.807) is 26.2 Å². The summed E-state index contributed by atoms with van der Waals surface area (Å²) >= 11 is 0. The third-order valence-electron chi connectivity index (χ3n) is 17.0. The third kappa shape index (κ3) is 11.7. The summed E-state index contributed by atoms with van der Waals surface area (Å²) in [6.07, 6.45) is 10.4. The number of nitro benzene ring substituents is 1. The predicted molar refractivity (Wildman–Crippen MR) is 296 cm³/mol. The van der Waals surface area contributed by atoms with Crippen LogP contribution in [-0.4, -0.2) is 102 Å². The Morgan fingerprint density at radius 2 is 1.74 bits per heavy atom. The number of aromatic amines is 1. The fraction of sp³-hybridized carbons (Fsp3) is 0.458. The van der Waals surface area contributed by atoms with Crippen LogP contribution in [0.25, 0.3) is 11.0 Å². The van der Waals surface area contributed by atoms with Crippen molar-refractivity contribution in [3.05, 3.63) is 141 Å². The molecule has 77 heavy (non-hydrogen) atoms. The highest BCUT2D eigenvalue weighted by Gasteiger charge is 2.50. The topological polar surface area (TPSA) is 196 Å². The largest absolute Gasteiger partial charge is 0.496 e. The molecule has 2 saturated heterocycles. The number of fused-ring (bicyclic) bond motifs is 1. The van der Waals surface area contributed by atoms with Crippen molar-refractivity contribution in [2.75, 3.05) is 56.6 Å². The van der Waals surface area contributed by atoms with Crippen LogP contribution in [0.1, 0.15) is 124 Å². The summed E-state index contributed by atoms with van der Waals surface area (Å²) in [6.45, 7) is 14.2. The van der Waals surface area contributed by atoms with Crippen LogP contribution >= 0.6 is 0 Å². The molecule has 0 radical (unpaired) electrons. The lowest BCUT2D eigenvalue weighted by molar-refractivity contribution is -0.384. The van der Waals surface area contributed by atoms with Crippen molar-refractivity contribution < 1.29 is 37.1 Å². The first-order valence-electron chi connectivity index (χ1n) is 27.1. The number of anilines is 2. The summed E-state index contributed by atoms with van der Waals surface area (Å²) in [7, 11) is -2.90. The number of aliphatic hydroxyl groups is 1. The van der Waals surface area contributed by atoms with Gasteiger partial charge in [-0.1, -0.05) is 57.2 Å². The zero-order valence-electron chi connectivity index (χ0n) is 44.7. The molecule has 4 fully saturated rings. The van der Waals surface area contributed by atoms with E-state index in [2.05, 4.69) is 97.9 Å². The summed E-state index contributed by atoms with van der Waals surface area (Å²) in [5.41, 5.74) is 5.39. The molecule has 0 bridgehead atoms. The van der Waals surface area contributed by atoms with Gasteiger partial charge < -0.3 is 29.8 Å². The van der Waals surface area contributed by atoms with Crippen molar-refractivity contribution in [2.24, 2.45) is 11.3 Å². The Morgan fingerprint density at radius 3 is 2.47 bits per heavy atom. The first kappa shape index (κ1) is 53.8. The molecule has 10 rings (SSSR count). The molecule has 1 atom stereocenters. The molecule has 2 saturated carbocycles. The van der Waals surface area contributed by atoms with Gasteiger partial charge in [0.05, 0.1) is 39.7 Å². The zero-order valence-corrected chi connectivity index (χ0v) is 45.5. The van der Waals surface area contributed by atoms with E-state index < -0.39 is 42.9 Å². The van der Waals surface area contributed by atoms with Crippen LogP contribution in [0.5, 0.6) is 17.2 Å². The zero-order chi connectivity index (χ0) is 54.2. The van der Waals surface area contributed by atoms with Crippen LogP contribution < -0.4 is 24.4 Å². The van der Waals surface area contributed by atoms with Gasteiger partial charge in [0.15, 0.2) is 0 Å². The number of methoxy groups -OCH3 is 1. The molecule has 4 heterocycles. The molecule has 6 aromatic rings. The molecule has 4 N–H and O–H groups in total. The predicted octanol–water partition coefficient (Wildman–Crippen LogP) is 10.9. The number of aromatic nitrogens is 2. The van der Waals surface area contributed by atoms with Crippen molar-refractivity contribution in [2.45, 2.75) is 121 Å². The highest BCUT2D eigenvalue weighted by atomic mass is 32.2.